The van der Waals surface area contributed by atoms with Gasteiger partial charge in [-0.1, -0.05) is 30.9 Å². The summed E-state index contributed by atoms with van der Waals surface area (Å²) < 4.78 is 0.951. The van der Waals surface area contributed by atoms with Gasteiger partial charge in [-0.05, 0) is 0 Å². The summed E-state index contributed by atoms with van der Waals surface area (Å²) in [5, 5.41) is 3.75. The van der Waals surface area contributed by atoms with Crippen molar-refractivity contribution in [2.24, 2.45) is 0 Å². The molecule has 1 saturated heterocycles. The smallest absolute Gasteiger partial charge is 0.134 e. The van der Waals surface area contributed by atoms with Gasteiger partial charge >= 0.3 is 0 Å². The standard InChI is InChI=1S/C4H7NS2.ClH/c1-3-2-5-4(6)7-3;/h3H,2H2,1H3,(H,5,6);1H. The molecule has 0 aromatic rings. The lowest BCUT2D eigenvalue weighted by Gasteiger charge is -1.88. The van der Waals surface area contributed by atoms with Crippen molar-refractivity contribution in [3.63, 3.8) is 0 Å². The number of rotatable bonds is 0. The lowest BCUT2D eigenvalue weighted by atomic mass is 10.5. The van der Waals surface area contributed by atoms with Crippen LogP contribution in [0.1, 0.15) is 6.92 Å². The van der Waals surface area contributed by atoms with Crippen molar-refractivity contribution in [2.75, 3.05) is 6.54 Å². The van der Waals surface area contributed by atoms with Gasteiger partial charge in [-0.15, -0.1) is 12.4 Å². The zero-order valence-electron chi connectivity index (χ0n) is 4.51. The molecule has 1 aliphatic heterocycles. The molecule has 0 saturated carbocycles. The molecule has 0 aliphatic carbocycles. The van der Waals surface area contributed by atoms with Crippen LogP contribution in [0.3, 0.4) is 0 Å². The van der Waals surface area contributed by atoms with Crippen LogP contribution in [0.2, 0.25) is 0 Å². The fourth-order valence-corrected chi connectivity index (χ4v) is 1.77. The van der Waals surface area contributed by atoms with Crippen molar-refractivity contribution in [1.29, 1.82) is 0 Å². The van der Waals surface area contributed by atoms with Crippen molar-refractivity contribution < 1.29 is 0 Å². The van der Waals surface area contributed by atoms with Crippen LogP contribution in [0, 0.1) is 0 Å². The van der Waals surface area contributed by atoms with E-state index in [-0.39, 0.29) is 12.4 Å². The molecule has 0 aromatic heterocycles. The van der Waals surface area contributed by atoms with Crippen molar-refractivity contribution in [2.45, 2.75) is 12.2 Å². The topological polar surface area (TPSA) is 12.0 Å². The lowest BCUT2D eigenvalue weighted by molar-refractivity contribution is 0.897. The summed E-state index contributed by atoms with van der Waals surface area (Å²) in [5.74, 6) is 0. The van der Waals surface area contributed by atoms with E-state index in [4.69, 9.17) is 12.2 Å². The average molecular weight is 170 g/mol. The van der Waals surface area contributed by atoms with Gasteiger partial charge in [0.15, 0.2) is 0 Å². The van der Waals surface area contributed by atoms with Crippen LogP contribution in [0.4, 0.5) is 0 Å². The number of thioether (sulfide) groups is 1. The molecule has 0 radical (unpaired) electrons. The van der Waals surface area contributed by atoms with Crippen molar-refractivity contribution >= 4 is 40.7 Å². The van der Waals surface area contributed by atoms with Gasteiger partial charge in [0.25, 0.3) is 0 Å². The van der Waals surface area contributed by atoms with Gasteiger partial charge in [-0.2, -0.15) is 0 Å². The summed E-state index contributed by atoms with van der Waals surface area (Å²) in [7, 11) is 0. The SMILES string of the molecule is CC1CNC(=S)S1.Cl. The fourth-order valence-electron chi connectivity index (χ4n) is 0.493. The number of thiocarbonyl (C=S) groups is 1. The summed E-state index contributed by atoms with van der Waals surface area (Å²) >= 11 is 6.59. The molecule has 1 unspecified atom stereocenters. The van der Waals surface area contributed by atoms with Crippen molar-refractivity contribution in [1.82, 2.24) is 5.32 Å². The molecule has 1 heterocycles. The van der Waals surface area contributed by atoms with Gasteiger partial charge in [-0.25, -0.2) is 0 Å². The lowest BCUT2D eigenvalue weighted by Crippen LogP contribution is -2.12. The zero-order valence-corrected chi connectivity index (χ0v) is 6.96. The second-order valence-corrected chi connectivity index (χ2v) is 3.71. The third-order valence-electron chi connectivity index (χ3n) is 0.842. The van der Waals surface area contributed by atoms with E-state index in [2.05, 4.69) is 12.2 Å². The molecule has 4 heteroatoms. The molecular formula is C4H8ClNS2. The normalized spacial score (nSPS) is 26.6. The highest BCUT2D eigenvalue weighted by Gasteiger charge is 2.12. The summed E-state index contributed by atoms with van der Waals surface area (Å²) in [6.45, 7) is 3.21. The molecule has 1 fully saturated rings. The van der Waals surface area contributed by atoms with Gasteiger partial charge in [0.1, 0.15) is 4.32 Å². The maximum atomic E-state index is 4.85. The van der Waals surface area contributed by atoms with E-state index in [1.54, 1.807) is 11.8 Å². The molecule has 1 N–H and O–H groups in total. The molecule has 0 aromatic carbocycles. The first-order valence-electron chi connectivity index (χ1n) is 2.23. The van der Waals surface area contributed by atoms with E-state index in [1.165, 1.54) is 0 Å². The summed E-state index contributed by atoms with van der Waals surface area (Å²) in [4.78, 5) is 0. The third-order valence-corrected chi connectivity index (χ3v) is 2.20. The Balaban J connectivity index is 0.000000490. The molecular weight excluding hydrogens is 162 g/mol. The van der Waals surface area contributed by atoms with E-state index in [1.807, 2.05) is 0 Å². The maximum Gasteiger partial charge on any atom is 0.134 e. The van der Waals surface area contributed by atoms with Crippen molar-refractivity contribution in [3.8, 4) is 0 Å². The van der Waals surface area contributed by atoms with Crippen molar-refractivity contribution in [3.05, 3.63) is 0 Å². The van der Waals surface area contributed by atoms with Gasteiger partial charge in [-0.3, -0.25) is 0 Å². The molecule has 0 spiro atoms. The van der Waals surface area contributed by atoms with Crippen LogP contribution in [0.5, 0.6) is 0 Å². The predicted molar refractivity (Wildman–Crippen MR) is 44.9 cm³/mol. The van der Waals surface area contributed by atoms with Crippen LogP contribution in [-0.4, -0.2) is 16.1 Å². The van der Waals surface area contributed by atoms with Crippen LogP contribution in [0.25, 0.3) is 0 Å². The first-order valence-corrected chi connectivity index (χ1v) is 3.52. The van der Waals surface area contributed by atoms with Gasteiger partial charge in [0, 0.05) is 11.8 Å². The second-order valence-electron chi connectivity index (χ2n) is 1.60. The van der Waals surface area contributed by atoms with E-state index in [0.29, 0.717) is 5.25 Å². The summed E-state index contributed by atoms with van der Waals surface area (Å²) in [6, 6.07) is 0. The van der Waals surface area contributed by atoms with Crippen LogP contribution in [-0.2, 0) is 0 Å². The minimum absolute atomic E-state index is 0. The molecule has 0 bridgehead atoms. The molecule has 48 valence electrons. The van der Waals surface area contributed by atoms with Crippen LogP contribution >= 0.6 is 36.4 Å². The Kier molecular flexibility index (Phi) is 3.77. The highest BCUT2D eigenvalue weighted by atomic mass is 35.5. The quantitative estimate of drug-likeness (QED) is 0.551. The number of halogens is 1. The van der Waals surface area contributed by atoms with E-state index in [0.717, 1.165) is 10.9 Å². The average Bonchev–Trinajstić information content (AvgIpc) is 1.87. The Labute approximate surface area is 65.0 Å². The van der Waals surface area contributed by atoms with Crippen LogP contribution in [0.15, 0.2) is 0 Å². The monoisotopic (exact) mass is 169 g/mol. The molecule has 1 rings (SSSR count). The molecule has 8 heavy (non-hydrogen) atoms. The molecule has 0 amide bonds. The Hall–Kier alpha value is 0.530. The molecule has 1 nitrogen and oxygen atoms in total. The molecule has 1 atom stereocenters. The van der Waals surface area contributed by atoms with Crippen LogP contribution < -0.4 is 5.32 Å². The Morgan fingerprint density at radius 2 is 2.50 bits per heavy atom. The number of hydrogen-bond donors (Lipinski definition) is 1. The fraction of sp³-hybridized carbons (Fsp3) is 0.750. The Morgan fingerprint density at radius 1 is 1.88 bits per heavy atom. The van der Waals surface area contributed by atoms with Gasteiger partial charge in [0.2, 0.25) is 0 Å². The Bertz CT molecular complexity index is 96.0. The van der Waals surface area contributed by atoms with Gasteiger partial charge < -0.3 is 5.32 Å². The maximum absolute atomic E-state index is 4.85. The zero-order chi connectivity index (χ0) is 5.28. The van der Waals surface area contributed by atoms with E-state index >= 15 is 0 Å². The first kappa shape index (κ1) is 8.53. The predicted octanol–water partition coefficient (Wildman–Crippen LogP) is 1.42. The third kappa shape index (κ3) is 2.20. The van der Waals surface area contributed by atoms with E-state index in [9.17, 15) is 0 Å². The highest BCUT2D eigenvalue weighted by molar-refractivity contribution is 8.23. The first-order chi connectivity index (χ1) is 3.29. The summed E-state index contributed by atoms with van der Waals surface area (Å²) in [6.07, 6.45) is 0. The number of nitrogens with one attached hydrogen (secondary N) is 1. The largest absolute Gasteiger partial charge is 0.370 e. The highest BCUT2D eigenvalue weighted by Crippen LogP contribution is 2.15. The second kappa shape index (κ2) is 3.54. The Morgan fingerprint density at radius 3 is 2.62 bits per heavy atom. The molecule has 1 aliphatic rings. The minimum Gasteiger partial charge on any atom is -0.370 e. The minimum atomic E-state index is 0. The number of hydrogen-bond acceptors (Lipinski definition) is 2. The van der Waals surface area contributed by atoms with Gasteiger partial charge in [0.05, 0.1) is 0 Å². The summed E-state index contributed by atoms with van der Waals surface area (Å²) in [5.41, 5.74) is 0. The van der Waals surface area contributed by atoms with E-state index < -0.39 is 0 Å².